The van der Waals surface area contributed by atoms with Crippen LogP contribution in [0.1, 0.15) is 16.6 Å². The van der Waals surface area contributed by atoms with E-state index >= 15 is 0 Å². The van der Waals surface area contributed by atoms with Crippen LogP contribution in [0.15, 0.2) is 42.5 Å². The zero-order valence-corrected chi connectivity index (χ0v) is 9.79. The summed E-state index contributed by atoms with van der Waals surface area (Å²) in [4.78, 5) is 13.2. The number of hydrogen-bond donors (Lipinski definition) is 0. The van der Waals surface area contributed by atoms with E-state index in [1.807, 2.05) is 49.4 Å². The average molecular weight is 232 g/mol. The van der Waals surface area contributed by atoms with E-state index in [9.17, 15) is 4.79 Å². The van der Waals surface area contributed by atoms with Crippen LogP contribution in [0.3, 0.4) is 0 Å². The molecule has 0 aliphatic heterocycles. The van der Waals surface area contributed by atoms with Crippen molar-refractivity contribution in [2.45, 2.75) is 6.92 Å². The zero-order chi connectivity index (χ0) is 11.4. The van der Waals surface area contributed by atoms with Crippen molar-refractivity contribution in [3.8, 4) is 10.4 Å². The first-order chi connectivity index (χ1) is 7.81. The molecule has 1 aromatic heterocycles. The standard InChI is InChI=1S/C13H12O2S/c1-2-15-13(14)12-9-8-11(16-12)10-6-4-3-5-7-10/h3-9H,2H2,1H3. The summed E-state index contributed by atoms with van der Waals surface area (Å²) in [5, 5.41) is 0. The molecule has 0 N–H and O–H groups in total. The minimum absolute atomic E-state index is 0.241. The van der Waals surface area contributed by atoms with Gasteiger partial charge in [-0.2, -0.15) is 0 Å². The maximum absolute atomic E-state index is 11.5. The molecule has 0 spiro atoms. The van der Waals surface area contributed by atoms with E-state index in [-0.39, 0.29) is 5.97 Å². The highest BCUT2D eigenvalue weighted by Gasteiger charge is 2.10. The molecule has 0 atom stereocenters. The van der Waals surface area contributed by atoms with Gasteiger partial charge in [0.2, 0.25) is 0 Å². The largest absolute Gasteiger partial charge is 0.462 e. The highest BCUT2D eigenvalue weighted by atomic mass is 32.1. The second kappa shape index (κ2) is 4.94. The fourth-order valence-electron chi connectivity index (χ4n) is 1.41. The monoisotopic (exact) mass is 232 g/mol. The van der Waals surface area contributed by atoms with E-state index in [0.717, 1.165) is 10.4 Å². The predicted molar refractivity (Wildman–Crippen MR) is 65.7 cm³/mol. The second-order valence-corrected chi connectivity index (χ2v) is 4.33. The van der Waals surface area contributed by atoms with E-state index in [0.29, 0.717) is 11.5 Å². The van der Waals surface area contributed by atoms with Crippen molar-refractivity contribution >= 4 is 17.3 Å². The molecule has 0 fully saturated rings. The molecule has 0 saturated heterocycles. The third-order valence-corrected chi connectivity index (χ3v) is 3.26. The first kappa shape index (κ1) is 10.9. The van der Waals surface area contributed by atoms with Crippen LogP contribution in [0.5, 0.6) is 0 Å². The highest BCUT2D eigenvalue weighted by Crippen LogP contribution is 2.28. The third-order valence-electron chi connectivity index (χ3n) is 2.14. The Bertz CT molecular complexity index is 474. The smallest absolute Gasteiger partial charge is 0.348 e. The number of rotatable bonds is 3. The molecule has 0 bridgehead atoms. The van der Waals surface area contributed by atoms with E-state index in [2.05, 4.69) is 0 Å². The second-order valence-electron chi connectivity index (χ2n) is 3.25. The number of thiophene rings is 1. The Kier molecular flexibility index (Phi) is 3.37. The molecule has 82 valence electrons. The van der Waals surface area contributed by atoms with Crippen molar-refractivity contribution in [2.24, 2.45) is 0 Å². The fraction of sp³-hybridized carbons (Fsp3) is 0.154. The molecule has 2 nitrogen and oxygen atoms in total. The number of benzene rings is 1. The van der Waals surface area contributed by atoms with Gasteiger partial charge in [-0.15, -0.1) is 11.3 Å². The van der Waals surface area contributed by atoms with Crippen molar-refractivity contribution in [3.63, 3.8) is 0 Å². The summed E-state index contributed by atoms with van der Waals surface area (Å²) in [5.41, 5.74) is 1.13. The Hall–Kier alpha value is -1.61. The van der Waals surface area contributed by atoms with E-state index < -0.39 is 0 Å². The quantitative estimate of drug-likeness (QED) is 0.756. The molecular formula is C13H12O2S. The van der Waals surface area contributed by atoms with Crippen LogP contribution < -0.4 is 0 Å². The van der Waals surface area contributed by atoms with E-state index in [4.69, 9.17) is 4.74 Å². The zero-order valence-electron chi connectivity index (χ0n) is 8.97. The van der Waals surface area contributed by atoms with Crippen molar-refractivity contribution in [1.29, 1.82) is 0 Å². The first-order valence-electron chi connectivity index (χ1n) is 5.13. The molecule has 2 rings (SSSR count). The van der Waals surface area contributed by atoms with Crippen LogP contribution in [0.4, 0.5) is 0 Å². The molecule has 0 amide bonds. The number of ether oxygens (including phenoxy) is 1. The summed E-state index contributed by atoms with van der Waals surface area (Å²) in [7, 11) is 0. The number of hydrogen-bond acceptors (Lipinski definition) is 3. The maximum Gasteiger partial charge on any atom is 0.348 e. The molecule has 1 aromatic carbocycles. The molecule has 0 saturated carbocycles. The van der Waals surface area contributed by atoms with Gasteiger partial charge in [-0.3, -0.25) is 0 Å². The summed E-state index contributed by atoms with van der Waals surface area (Å²) in [6.45, 7) is 2.22. The molecule has 16 heavy (non-hydrogen) atoms. The lowest BCUT2D eigenvalue weighted by atomic mass is 10.2. The maximum atomic E-state index is 11.5. The normalized spacial score (nSPS) is 10.1. The van der Waals surface area contributed by atoms with E-state index in [1.54, 1.807) is 0 Å². The molecule has 3 heteroatoms. The summed E-state index contributed by atoms with van der Waals surface area (Å²) >= 11 is 1.46. The summed E-state index contributed by atoms with van der Waals surface area (Å²) in [6.07, 6.45) is 0. The Morgan fingerprint density at radius 3 is 2.62 bits per heavy atom. The molecule has 0 radical (unpaired) electrons. The van der Waals surface area contributed by atoms with Crippen molar-refractivity contribution < 1.29 is 9.53 Å². The molecule has 0 unspecified atom stereocenters. The van der Waals surface area contributed by atoms with Crippen LogP contribution in [0.25, 0.3) is 10.4 Å². The lowest BCUT2D eigenvalue weighted by molar-refractivity contribution is 0.0532. The van der Waals surface area contributed by atoms with Crippen molar-refractivity contribution in [1.82, 2.24) is 0 Å². The van der Waals surface area contributed by atoms with Crippen LogP contribution in [0.2, 0.25) is 0 Å². The number of carbonyl (C=O) groups is 1. The Balaban J connectivity index is 2.23. The SMILES string of the molecule is CCOC(=O)c1ccc(-c2ccccc2)s1. The summed E-state index contributed by atoms with van der Waals surface area (Å²) in [6, 6.07) is 13.8. The van der Waals surface area contributed by atoms with Gasteiger partial charge in [-0.25, -0.2) is 4.79 Å². The number of carbonyl (C=O) groups excluding carboxylic acids is 1. The third kappa shape index (κ3) is 2.31. The van der Waals surface area contributed by atoms with Crippen LogP contribution in [0, 0.1) is 0 Å². The Morgan fingerprint density at radius 2 is 1.94 bits per heavy atom. The van der Waals surface area contributed by atoms with Gasteiger partial charge in [0.25, 0.3) is 0 Å². The molecular weight excluding hydrogens is 220 g/mol. The molecule has 0 aliphatic rings. The molecule has 2 aromatic rings. The van der Waals surface area contributed by atoms with Crippen LogP contribution >= 0.6 is 11.3 Å². The minimum atomic E-state index is -0.241. The van der Waals surface area contributed by atoms with Crippen LogP contribution in [-0.4, -0.2) is 12.6 Å². The van der Waals surface area contributed by atoms with Gasteiger partial charge >= 0.3 is 5.97 Å². The first-order valence-corrected chi connectivity index (χ1v) is 5.95. The minimum Gasteiger partial charge on any atom is -0.462 e. The fourth-order valence-corrected chi connectivity index (χ4v) is 2.31. The Morgan fingerprint density at radius 1 is 1.19 bits per heavy atom. The van der Waals surface area contributed by atoms with Crippen molar-refractivity contribution in [2.75, 3.05) is 6.61 Å². The molecule has 1 heterocycles. The highest BCUT2D eigenvalue weighted by molar-refractivity contribution is 7.17. The van der Waals surface area contributed by atoms with Gasteiger partial charge < -0.3 is 4.74 Å². The number of esters is 1. The summed E-state index contributed by atoms with van der Waals surface area (Å²) < 4.78 is 4.95. The van der Waals surface area contributed by atoms with Crippen LogP contribution in [-0.2, 0) is 4.74 Å². The molecule has 0 aliphatic carbocycles. The Labute approximate surface area is 98.5 Å². The summed E-state index contributed by atoms with van der Waals surface area (Å²) in [5.74, 6) is -0.241. The van der Waals surface area contributed by atoms with Gasteiger partial charge in [0, 0.05) is 4.88 Å². The van der Waals surface area contributed by atoms with E-state index in [1.165, 1.54) is 11.3 Å². The van der Waals surface area contributed by atoms with Crippen molar-refractivity contribution in [3.05, 3.63) is 47.3 Å². The average Bonchev–Trinajstić information content (AvgIpc) is 2.80. The van der Waals surface area contributed by atoms with Gasteiger partial charge in [0.05, 0.1) is 6.61 Å². The lowest BCUT2D eigenvalue weighted by Crippen LogP contribution is -2.01. The van der Waals surface area contributed by atoms with Gasteiger partial charge in [-0.05, 0) is 24.6 Å². The van der Waals surface area contributed by atoms with Gasteiger partial charge in [-0.1, -0.05) is 30.3 Å². The predicted octanol–water partition coefficient (Wildman–Crippen LogP) is 3.59. The topological polar surface area (TPSA) is 26.3 Å². The van der Waals surface area contributed by atoms with Gasteiger partial charge in [0.1, 0.15) is 4.88 Å². The van der Waals surface area contributed by atoms with Gasteiger partial charge in [0.15, 0.2) is 0 Å². The lowest BCUT2D eigenvalue weighted by Gasteiger charge is -1.97.